The minimum atomic E-state index is -1.08. The summed E-state index contributed by atoms with van der Waals surface area (Å²) in [4.78, 5) is 52.5. The number of nitrogens with zero attached hydrogens (tertiary/aromatic N) is 2. The van der Waals surface area contributed by atoms with Crippen LogP contribution in [-0.2, 0) is 14.4 Å². The number of anilines is 2. The van der Waals surface area contributed by atoms with Crippen LogP contribution in [-0.4, -0.2) is 64.8 Å². The molecule has 182 valence electrons. The number of aliphatic carboxylic acids is 1. The number of nitrogens with one attached hydrogen (secondary N) is 1. The molecule has 9 heteroatoms. The van der Waals surface area contributed by atoms with Gasteiger partial charge in [0.2, 0.25) is 11.8 Å². The van der Waals surface area contributed by atoms with Gasteiger partial charge in [-0.15, -0.1) is 0 Å². The van der Waals surface area contributed by atoms with Crippen molar-refractivity contribution in [2.45, 2.75) is 26.7 Å². The van der Waals surface area contributed by atoms with Gasteiger partial charge in [0.25, 0.3) is 5.91 Å². The lowest BCUT2D eigenvalue weighted by molar-refractivity contribution is -0.138. The Labute approximate surface area is 199 Å². The van der Waals surface area contributed by atoms with Gasteiger partial charge in [-0.2, -0.15) is 0 Å². The van der Waals surface area contributed by atoms with Crippen LogP contribution in [0.1, 0.15) is 37.0 Å². The van der Waals surface area contributed by atoms with Crippen molar-refractivity contribution >= 4 is 35.1 Å². The summed E-state index contributed by atoms with van der Waals surface area (Å²) in [6.07, 6.45) is 0.361. The van der Waals surface area contributed by atoms with Crippen LogP contribution in [0.5, 0.6) is 0 Å². The highest BCUT2D eigenvalue weighted by molar-refractivity contribution is 5.98. The van der Waals surface area contributed by atoms with Gasteiger partial charge in [0.1, 0.15) is 6.54 Å². The molecule has 0 spiro atoms. The second-order valence-electron chi connectivity index (χ2n) is 8.40. The zero-order valence-electron chi connectivity index (χ0n) is 19.6. The first-order valence-corrected chi connectivity index (χ1v) is 11.1. The second kappa shape index (κ2) is 13.0. The molecule has 3 amide bonds. The Balaban J connectivity index is 2.15. The molecular weight excluding hydrogens is 436 g/mol. The quantitative estimate of drug-likeness (QED) is 0.410. The fraction of sp³-hybridized carbons (Fsp3) is 0.360. The SMILES string of the molecule is CC(C)CCN(CC(=O)Nc1ccccc1)C(=O)CN(CCC(=O)O)C(=O)c1ccc(N)cc1. The molecule has 0 saturated carbocycles. The van der Waals surface area contributed by atoms with E-state index < -0.39 is 17.8 Å². The molecule has 0 unspecified atom stereocenters. The van der Waals surface area contributed by atoms with Gasteiger partial charge >= 0.3 is 5.97 Å². The van der Waals surface area contributed by atoms with Gasteiger partial charge in [-0.3, -0.25) is 19.2 Å². The number of carboxylic acids is 1. The van der Waals surface area contributed by atoms with Crippen molar-refractivity contribution in [3.63, 3.8) is 0 Å². The number of carboxylic acid groups (broad SMARTS) is 1. The van der Waals surface area contributed by atoms with E-state index in [4.69, 9.17) is 10.8 Å². The Morgan fingerprint density at radius 1 is 0.912 bits per heavy atom. The van der Waals surface area contributed by atoms with E-state index >= 15 is 0 Å². The summed E-state index contributed by atoms with van der Waals surface area (Å²) >= 11 is 0. The van der Waals surface area contributed by atoms with Crippen LogP contribution in [0.15, 0.2) is 54.6 Å². The van der Waals surface area contributed by atoms with E-state index in [1.807, 2.05) is 19.9 Å². The Kier molecular flexibility index (Phi) is 10.1. The summed E-state index contributed by atoms with van der Waals surface area (Å²) in [6.45, 7) is 3.70. The molecule has 0 radical (unpaired) electrons. The molecular formula is C25H32N4O5. The van der Waals surface area contributed by atoms with E-state index in [2.05, 4.69) is 5.32 Å². The third kappa shape index (κ3) is 8.93. The molecule has 2 rings (SSSR count). The van der Waals surface area contributed by atoms with Crippen LogP contribution < -0.4 is 11.1 Å². The third-order valence-electron chi connectivity index (χ3n) is 5.09. The van der Waals surface area contributed by atoms with E-state index in [1.54, 1.807) is 36.4 Å². The molecule has 9 nitrogen and oxygen atoms in total. The molecule has 0 aliphatic heterocycles. The number of benzene rings is 2. The normalized spacial score (nSPS) is 10.6. The van der Waals surface area contributed by atoms with Crippen molar-refractivity contribution in [1.82, 2.24) is 9.80 Å². The fourth-order valence-corrected chi connectivity index (χ4v) is 3.16. The molecule has 0 aromatic heterocycles. The number of nitrogen functional groups attached to an aromatic ring is 1. The van der Waals surface area contributed by atoms with Gasteiger partial charge in [0.05, 0.1) is 13.0 Å². The van der Waals surface area contributed by atoms with Crippen LogP contribution in [0.3, 0.4) is 0 Å². The lowest BCUT2D eigenvalue weighted by Crippen LogP contribution is -2.46. The molecule has 4 N–H and O–H groups in total. The largest absolute Gasteiger partial charge is 0.481 e. The maximum atomic E-state index is 13.2. The summed E-state index contributed by atoms with van der Waals surface area (Å²) in [6, 6.07) is 15.1. The predicted molar refractivity (Wildman–Crippen MR) is 130 cm³/mol. The first-order valence-electron chi connectivity index (χ1n) is 11.1. The Morgan fingerprint density at radius 2 is 1.56 bits per heavy atom. The average molecular weight is 469 g/mol. The van der Waals surface area contributed by atoms with Crippen molar-refractivity contribution in [3.05, 3.63) is 60.2 Å². The summed E-state index contributed by atoms with van der Waals surface area (Å²) < 4.78 is 0. The van der Waals surface area contributed by atoms with E-state index in [9.17, 15) is 19.2 Å². The number of hydrogen-bond donors (Lipinski definition) is 3. The first-order chi connectivity index (χ1) is 16.2. The lowest BCUT2D eigenvalue weighted by Gasteiger charge is -2.28. The van der Waals surface area contributed by atoms with Crippen molar-refractivity contribution in [2.75, 3.05) is 37.2 Å². The summed E-state index contributed by atoms with van der Waals surface area (Å²) in [5.74, 6) is -2.05. The zero-order valence-corrected chi connectivity index (χ0v) is 19.6. The Morgan fingerprint density at radius 3 is 2.15 bits per heavy atom. The van der Waals surface area contributed by atoms with E-state index in [0.29, 0.717) is 35.8 Å². The van der Waals surface area contributed by atoms with Crippen molar-refractivity contribution in [1.29, 1.82) is 0 Å². The van der Waals surface area contributed by atoms with Crippen molar-refractivity contribution in [3.8, 4) is 0 Å². The van der Waals surface area contributed by atoms with E-state index in [1.165, 1.54) is 21.9 Å². The number of carbonyl (C=O) groups is 4. The highest BCUT2D eigenvalue weighted by atomic mass is 16.4. The molecule has 0 fully saturated rings. The lowest BCUT2D eigenvalue weighted by atomic mass is 10.1. The molecule has 2 aromatic carbocycles. The van der Waals surface area contributed by atoms with Crippen LogP contribution in [0, 0.1) is 5.92 Å². The number of para-hydroxylation sites is 1. The molecule has 0 heterocycles. The third-order valence-corrected chi connectivity index (χ3v) is 5.09. The Bertz CT molecular complexity index is 977. The number of amides is 3. The average Bonchev–Trinajstić information content (AvgIpc) is 2.79. The molecule has 2 aromatic rings. The van der Waals surface area contributed by atoms with Gasteiger partial charge in [-0.1, -0.05) is 32.0 Å². The van der Waals surface area contributed by atoms with Gasteiger partial charge in [0.15, 0.2) is 0 Å². The second-order valence-corrected chi connectivity index (χ2v) is 8.40. The zero-order chi connectivity index (χ0) is 25.1. The van der Waals surface area contributed by atoms with Gasteiger partial charge < -0.3 is 26.0 Å². The van der Waals surface area contributed by atoms with E-state index in [-0.39, 0.29) is 32.0 Å². The van der Waals surface area contributed by atoms with Crippen LogP contribution >= 0.6 is 0 Å². The topological polar surface area (TPSA) is 133 Å². The molecule has 0 atom stereocenters. The number of nitrogens with two attached hydrogens (primary N) is 1. The van der Waals surface area contributed by atoms with E-state index in [0.717, 1.165) is 0 Å². The maximum Gasteiger partial charge on any atom is 0.305 e. The smallest absolute Gasteiger partial charge is 0.305 e. The van der Waals surface area contributed by atoms with Crippen molar-refractivity contribution < 1.29 is 24.3 Å². The summed E-state index contributed by atoms with van der Waals surface area (Å²) in [5.41, 5.74) is 7.07. The van der Waals surface area contributed by atoms with Gasteiger partial charge in [-0.25, -0.2) is 0 Å². The first kappa shape index (κ1) is 26.4. The monoisotopic (exact) mass is 468 g/mol. The highest BCUT2D eigenvalue weighted by Gasteiger charge is 2.24. The van der Waals surface area contributed by atoms with Crippen molar-refractivity contribution in [2.24, 2.45) is 5.92 Å². The highest BCUT2D eigenvalue weighted by Crippen LogP contribution is 2.11. The van der Waals surface area contributed by atoms with Gasteiger partial charge in [0, 0.05) is 30.0 Å². The standard InChI is InChI=1S/C25H32N4O5/c1-18(2)12-14-28(16-22(30)27-21-6-4-3-5-7-21)23(31)17-29(15-13-24(32)33)25(34)19-8-10-20(26)11-9-19/h3-11,18H,12-17,26H2,1-2H3,(H,27,30)(H,32,33). The number of carbonyl (C=O) groups excluding carboxylic acids is 3. The van der Waals surface area contributed by atoms with Crippen LogP contribution in [0.25, 0.3) is 0 Å². The maximum absolute atomic E-state index is 13.2. The van der Waals surface area contributed by atoms with Gasteiger partial charge in [-0.05, 0) is 48.7 Å². The summed E-state index contributed by atoms with van der Waals surface area (Å²) in [5, 5.41) is 11.9. The molecule has 0 saturated heterocycles. The number of rotatable bonds is 12. The summed E-state index contributed by atoms with van der Waals surface area (Å²) in [7, 11) is 0. The minimum Gasteiger partial charge on any atom is -0.481 e. The van der Waals surface area contributed by atoms with Crippen LogP contribution in [0.2, 0.25) is 0 Å². The van der Waals surface area contributed by atoms with Crippen LogP contribution in [0.4, 0.5) is 11.4 Å². The fourth-order valence-electron chi connectivity index (χ4n) is 3.16. The minimum absolute atomic E-state index is 0.140. The molecule has 0 aliphatic carbocycles. The molecule has 0 aliphatic rings. The Hall–Kier alpha value is -3.88. The number of hydrogen-bond acceptors (Lipinski definition) is 5. The molecule has 0 bridgehead atoms. The molecule has 34 heavy (non-hydrogen) atoms. The predicted octanol–water partition coefficient (Wildman–Crippen LogP) is 2.70.